The number of hydrogen-bond donors (Lipinski definition) is 2. The molecule has 0 spiro atoms. The molecule has 0 saturated carbocycles. The van der Waals surface area contributed by atoms with Crippen LogP contribution < -0.4 is 9.80 Å². The molecule has 2 heterocycles. The topological polar surface area (TPSA) is 61.5 Å². The molecule has 2 N–H and O–H groups in total. The zero-order valence-corrected chi connectivity index (χ0v) is 20.0. The second-order valence-electron chi connectivity index (χ2n) is 10.4. The second kappa shape index (κ2) is 11.5. The number of nitrogens with one attached hydrogen (secondary N) is 2. The summed E-state index contributed by atoms with van der Waals surface area (Å²) >= 11 is 0. The van der Waals surface area contributed by atoms with Gasteiger partial charge >= 0.3 is 11.9 Å². The first-order chi connectivity index (χ1) is 14.9. The van der Waals surface area contributed by atoms with Crippen LogP contribution in [0, 0.1) is 17.3 Å². The van der Waals surface area contributed by atoms with Gasteiger partial charge in [0.25, 0.3) is 0 Å². The summed E-state index contributed by atoms with van der Waals surface area (Å²) in [5.41, 5.74) is 1.02. The van der Waals surface area contributed by atoms with E-state index in [0.717, 1.165) is 32.6 Å². The fraction of sp³-hybridized carbons (Fsp3) is 0.840. The number of hydrogen-bond acceptors (Lipinski definition) is 4. The van der Waals surface area contributed by atoms with Crippen LogP contribution in [-0.2, 0) is 19.1 Å². The maximum atomic E-state index is 12.6. The normalized spacial score (nSPS) is 27.4. The largest absolute Gasteiger partial charge is 0.461 e. The molecule has 2 saturated heterocycles. The van der Waals surface area contributed by atoms with E-state index >= 15 is 0 Å². The van der Waals surface area contributed by atoms with Crippen LogP contribution in [0.15, 0.2) is 11.6 Å². The third kappa shape index (κ3) is 6.79. The molecule has 3 rings (SSSR count). The number of piperidine rings is 2. The Balaban J connectivity index is 1.58. The van der Waals surface area contributed by atoms with Gasteiger partial charge in [0.2, 0.25) is 0 Å². The molecule has 0 aromatic carbocycles. The average Bonchev–Trinajstić information content (AvgIpc) is 2.74. The maximum absolute atomic E-state index is 12.6. The summed E-state index contributed by atoms with van der Waals surface area (Å²) in [6, 6.07) is 0. The van der Waals surface area contributed by atoms with E-state index in [9.17, 15) is 9.59 Å². The summed E-state index contributed by atoms with van der Waals surface area (Å²) in [6.45, 7) is 12.3. The summed E-state index contributed by atoms with van der Waals surface area (Å²) in [7, 11) is 0. The van der Waals surface area contributed by atoms with Gasteiger partial charge in [-0.2, -0.15) is 0 Å². The molecule has 6 nitrogen and oxygen atoms in total. The summed E-state index contributed by atoms with van der Waals surface area (Å²) < 4.78 is 11.7. The molecule has 1 aliphatic carbocycles. The quantitative estimate of drug-likeness (QED) is 0.437. The van der Waals surface area contributed by atoms with E-state index in [2.05, 4.69) is 26.8 Å². The zero-order chi connectivity index (χ0) is 22.3. The fourth-order valence-electron chi connectivity index (χ4n) is 5.78. The van der Waals surface area contributed by atoms with Crippen LogP contribution in [0.1, 0.15) is 65.7 Å². The van der Waals surface area contributed by atoms with Gasteiger partial charge in [0.15, 0.2) is 13.1 Å². The van der Waals surface area contributed by atoms with Crippen LogP contribution >= 0.6 is 0 Å². The summed E-state index contributed by atoms with van der Waals surface area (Å²) in [5.74, 6) is 0.247. The molecule has 2 atom stereocenters. The van der Waals surface area contributed by atoms with Crippen molar-refractivity contribution in [2.24, 2.45) is 17.3 Å². The van der Waals surface area contributed by atoms with Gasteiger partial charge in [0.1, 0.15) is 13.2 Å². The molecule has 0 radical (unpaired) electrons. The first-order valence-electron chi connectivity index (χ1n) is 12.5. The Hall–Kier alpha value is -1.40. The molecule has 0 aromatic rings. The van der Waals surface area contributed by atoms with Gasteiger partial charge in [-0.1, -0.05) is 25.5 Å². The van der Waals surface area contributed by atoms with E-state index in [-0.39, 0.29) is 29.2 Å². The van der Waals surface area contributed by atoms with Crippen LogP contribution in [0.25, 0.3) is 0 Å². The Labute approximate surface area is 188 Å². The summed E-state index contributed by atoms with van der Waals surface area (Å²) in [5, 5.41) is 0. The van der Waals surface area contributed by atoms with Crippen molar-refractivity contribution in [2.45, 2.75) is 65.7 Å². The third-order valence-electron chi connectivity index (χ3n) is 7.96. The Morgan fingerprint density at radius 1 is 0.871 bits per heavy atom. The standard InChI is InChI=1S/C25H42N2O4/c1-20-14-21(2)25(22(3)15-20,18-30-23(28)16-26-10-6-4-7-11-26)19-31-24(29)17-27-12-8-5-9-13-27/h14,21-22H,4-13,15-19H2,1-3H3/p+2/t21-,22-/m0/s1. The monoisotopic (exact) mass is 436 g/mol. The Morgan fingerprint density at radius 2 is 1.32 bits per heavy atom. The molecular formula is C25H44N2O4+2. The van der Waals surface area contributed by atoms with Crippen molar-refractivity contribution in [2.75, 3.05) is 52.5 Å². The van der Waals surface area contributed by atoms with Gasteiger partial charge in [-0.05, 0) is 63.7 Å². The lowest BCUT2D eigenvalue weighted by Gasteiger charge is -2.45. The van der Waals surface area contributed by atoms with E-state index < -0.39 is 0 Å². The Bertz CT molecular complexity index is 599. The average molecular weight is 437 g/mol. The fourth-order valence-corrected chi connectivity index (χ4v) is 5.78. The van der Waals surface area contributed by atoms with Crippen LogP contribution in [0.5, 0.6) is 0 Å². The molecular weight excluding hydrogens is 392 g/mol. The molecule has 0 aromatic heterocycles. The third-order valence-corrected chi connectivity index (χ3v) is 7.96. The van der Waals surface area contributed by atoms with Crippen molar-refractivity contribution < 1.29 is 28.9 Å². The molecule has 0 unspecified atom stereocenters. The van der Waals surface area contributed by atoms with Gasteiger partial charge < -0.3 is 19.3 Å². The SMILES string of the molecule is CC1=C[C@H](C)C(COC(=O)C[NH+]2CCCCC2)(COC(=O)C[NH+]2CCCCC2)[C@@H](C)C1. The lowest BCUT2D eigenvalue weighted by molar-refractivity contribution is -0.897. The van der Waals surface area contributed by atoms with Crippen LogP contribution in [0.3, 0.4) is 0 Å². The molecule has 2 aliphatic heterocycles. The van der Waals surface area contributed by atoms with Gasteiger partial charge in [-0.15, -0.1) is 0 Å². The number of ether oxygens (including phenoxy) is 2. The van der Waals surface area contributed by atoms with Crippen molar-refractivity contribution >= 4 is 11.9 Å². The highest BCUT2D eigenvalue weighted by Crippen LogP contribution is 2.45. The predicted octanol–water partition coefficient (Wildman–Crippen LogP) is 0.819. The lowest BCUT2D eigenvalue weighted by Crippen LogP contribution is -3.13. The number of rotatable bonds is 8. The Morgan fingerprint density at radius 3 is 1.74 bits per heavy atom. The number of quaternary nitrogens is 2. The highest BCUT2D eigenvalue weighted by molar-refractivity contribution is 5.71. The van der Waals surface area contributed by atoms with E-state index in [1.807, 2.05) is 0 Å². The lowest BCUT2D eigenvalue weighted by atomic mass is 9.63. The zero-order valence-electron chi connectivity index (χ0n) is 20.0. The second-order valence-corrected chi connectivity index (χ2v) is 10.4. The molecule has 3 aliphatic rings. The number of allylic oxidation sites excluding steroid dienone is 2. The summed E-state index contributed by atoms with van der Waals surface area (Å²) in [6.07, 6.45) is 10.5. The van der Waals surface area contributed by atoms with Crippen LogP contribution in [-0.4, -0.2) is 64.4 Å². The number of esters is 2. The highest BCUT2D eigenvalue weighted by atomic mass is 16.5. The van der Waals surface area contributed by atoms with Crippen molar-refractivity contribution in [3.05, 3.63) is 11.6 Å². The van der Waals surface area contributed by atoms with E-state index in [4.69, 9.17) is 9.47 Å². The minimum absolute atomic E-state index is 0.119. The maximum Gasteiger partial charge on any atom is 0.361 e. The Kier molecular flexibility index (Phi) is 8.96. The van der Waals surface area contributed by atoms with Crippen LogP contribution in [0.2, 0.25) is 0 Å². The molecule has 0 bridgehead atoms. The van der Waals surface area contributed by atoms with Gasteiger partial charge in [-0.3, -0.25) is 0 Å². The molecule has 176 valence electrons. The van der Waals surface area contributed by atoms with Crippen molar-refractivity contribution in [3.63, 3.8) is 0 Å². The first-order valence-corrected chi connectivity index (χ1v) is 12.5. The number of carbonyl (C=O) groups excluding carboxylic acids is 2. The first kappa shape index (κ1) is 24.2. The van der Waals surface area contributed by atoms with Crippen molar-refractivity contribution in [1.82, 2.24) is 0 Å². The minimum atomic E-state index is -0.348. The van der Waals surface area contributed by atoms with Gasteiger partial charge in [-0.25, -0.2) is 9.59 Å². The van der Waals surface area contributed by atoms with Crippen molar-refractivity contribution in [3.8, 4) is 0 Å². The number of carbonyl (C=O) groups is 2. The molecule has 0 amide bonds. The van der Waals surface area contributed by atoms with Crippen LogP contribution in [0.4, 0.5) is 0 Å². The minimum Gasteiger partial charge on any atom is -0.461 e. The molecule has 2 fully saturated rings. The smallest absolute Gasteiger partial charge is 0.361 e. The van der Waals surface area contributed by atoms with E-state index in [0.29, 0.717) is 26.3 Å². The highest BCUT2D eigenvalue weighted by Gasteiger charge is 2.45. The van der Waals surface area contributed by atoms with Gasteiger partial charge in [0, 0.05) is 5.41 Å². The summed E-state index contributed by atoms with van der Waals surface area (Å²) in [4.78, 5) is 27.9. The predicted molar refractivity (Wildman–Crippen MR) is 120 cm³/mol. The molecule has 31 heavy (non-hydrogen) atoms. The van der Waals surface area contributed by atoms with Gasteiger partial charge in [0.05, 0.1) is 26.2 Å². The van der Waals surface area contributed by atoms with E-state index in [1.54, 1.807) is 0 Å². The van der Waals surface area contributed by atoms with E-state index in [1.165, 1.54) is 53.9 Å². The molecule has 6 heteroatoms. The van der Waals surface area contributed by atoms with Crippen molar-refractivity contribution in [1.29, 1.82) is 0 Å². The number of likely N-dealkylation sites (tertiary alicyclic amines) is 2.